The number of benzene rings is 3. The molecule has 4 atom stereocenters. The lowest BCUT2D eigenvalue weighted by Gasteiger charge is -2.27. The van der Waals surface area contributed by atoms with Crippen molar-refractivity contribution in [2.45, 2.75) is 35.1 Å². The molecule has 38 heavy (non-hydrogen) atoms. The normalized spacial score (nSPS) is 25.5. The SMILES string of the molecule is CC1SC(c2ccc3c(c2)OCO3)N(c2ccc(N3C(=O)C(C)SC3c3ccc4c(c3)OCO4)cc2)C1=O. The summed E-state index contributed by atoms with van der Waals surface area (Å²) in [6.45, 7) is 4.27. The highest BCUT2D eigenvalue weighted by molar-refractivity contribution is 8.01. The fourth-order valence-corrected chi connectivity index (χ4v) is 7.67. The number of anilines is 2. The van der Waals surface area contributed by atoms with E-state index in [0.29, 0.717) is 23.0 Å². The zero-order valence-electron chi connectivity index (χ0n) is 20.7. The van der Waals surface area contributed by atoms with Crippen molar-refractivity contribution >= 4 is 46.7 Å². The van der Waals surface area contributed by atoms with Crippen molar-refractivity contribution < 1.29 is 28.5 Å². The van der Waals surface area contributed by atoms with Gasteiger partial charge in [0, 0.05) is 11.4 Å². The predicted octanol–water partition coefficient (Wildman–Crippen LogP) is 5.48. The number of amides is 2. The molecule has 4 aliphatic heterocycles. The first-order valence-electron chi connectivity index (χ1n) is 12.3. The molecule has 194 valence electrons. The Bertz CT molecular complexity index is 1340. The van der Waals surface area contributed by atoms with Crippen LogP contribution in [0.2, 0.25) is 0 Å². The van der Waals surface area contributed by atoms with Crippen LogP contribution in [0.25, 0.3) is 0 Å². The number of carbonyl (C=O) groups excluding carboxylic acids is 2. The molecule has 3 aromatic rings. The van der Waals surface area contributed by atoms with E-state index in [4.69, 9.17) is 18.9 Å². The standard InChI is InChI=1S/C28H24N2O6S2/c1-15-25(31)29(27(37-15)17-3-9-21-23(11-17)35-13-33-21)19-5-7-20(8-6-19)30-26(32)16(2)38-28(30)18-4-10-22-24(12-18)36-14-34-22/h3-12,15-16,27-28H,13-14H2,1-2H3. The van der Waals surface area contributed by atoms with Crippen molar-refractivity contribution in [3.63, 3.8) is 0 Å². The van der Waals surface area contributed by atoms with Gasteiger partial charge in [-0.1, -0.05) is 12.1 Å². The second-order valence-electron chi connectivity index (χ2n) is 9.42. The fourth-order valence-electron chi connectivity index (χ4n) is 5.14. The van der Waals surface area contributed by atoms with Crippen molar-refractivity contribution in [1.82, 2.24) is 0 Å². The molecule has 3 aromatic carbocycles. The summed E-state index contributed by atoms with van der Waals surface area (Å²) >= 11 is 3.21. The maximum atomic E-state index is 13.2. The van der Waals surface area contributed by atoms with Crippen molar-refractivity contribution in [2.75, 3.05) is 23.4 Å². The quantitative estimate of drug-likeness (QED) is 0.424. The first kappa shape index (κ1) is 23.6. The van der Waals surface area contributed by atoms with E-state index >= 15 is 0 Å². The van der Waals surface area contributed by atoms with Crippen LogP contribution >= 0.6 is 23.5 Å². The monoisotopic (exact) mass is 548 g/mol. The summed E-state index contributed by atoms with van der Waals surface area (Å²) < 4.78 is 22.0. The highest BCUT2D eigenvalue weighted by Gasteiger charge is 2.42. The van der Waals surface area contributed by atoms with E-state index in [1.165, 1.54) is 0 Å². The van der Waals surface area contributed by atoms with Crippen LogP contribution in [-0.2, 0) is 9.59 Å². The lowest BCUT2D eigenvalue weighted by molar-refractivity contribution is -0.118. The maximum Gasteiger partial charge on any atom is 0.241 e. The van der Waals surface area contributed by atoms with Gasteiger partial charge in [-0.3, -0.25) is 19.4 Å². The summed E-state index contributed by atoms with van der Waals surface area (Å²) in [5.74, 6) is 2.91. The third-order valence-electron chi connectivity index (χ3n) is 7.08. The second kappa shape index (κ2) is 9.06. The summed E-state index contributed by atoms with van der Waals surface area (Å²) in [7, 11) is 0. The molecule has 7 rings (SSSR count). The van der Waals surface area contributed by atoms with E-state index < -0.39 is 0 Å². The van der Waals surface area contributed by atoms with Crippen LogP contribution in [0, 0.1) is 0 Å². The number of ether oxygens (including phenoxy) is 4. The summed E-state index contributed by atoms with van der Waals surface area (Å²) in [5, 5.41) is -0.748. The van der Waals surface area contributed by atoms with Crippen molar-refractivity contribution in [3.8, 4) is 23.0 Å². The topological polar surface area (TPSA) is 77.5 Å². The molecule has 4 heterocycles. The molecular weight excluding hydrogens is 524 g/mol. The maximum absolute atomic E-state index is 13.2. The van der Waals surface area contributed by atoms with Gasteiger partial charge in [0.2, 0.25) is 25.4 Å². The Hall–Kier alpha value is -3.50. The predicted molar refractivity (Wildman–Crippen MR) is 146 cm³/mol. The molecule has 4 unspecified atom stereocenters. The molecule has 2 saturated heterocycles. The number of hydrogen-bond acceptors (Lipinski definition) is 8. The molecule has 0 aliphatic carbocycles. The van der Waals surface area contributed by atoms with Crippen molar-refractivity contribution in [3.05, 3.63) is 71.8 Å². The molecule has 0 saturated carbocycles. The Balaban J connectivity index is 1.19. The second-order valence-corrected chi connectivity index (χ2v) is 12.3. The Morgan fingerprint density at radius 2 is 1.00 bits per heavy atom. The van der Waals surface area contributed by atoms with Crippen LogP contribution in [0.3, 0.4) is 0 Å². The highest BCUT2D eigenvalue weighted by Crippen LogP contribution is 2.50. The molecule has 10 heteroatoms. The van der Waals surface area contributed by atoms with Crippen molar-refractivity contribution in [1.29, 1.82) is 0 Å². The number of nitrogens with zero attached hydrogens (tertiary/aromatic N) is 2. The molecule has 2 fully saturated rings. The molecule has 4 aliphatic rings. The highest BCUT2D eigenvalue weighted by atomic mass is 32.2. The molecule has 0 aromatic heterocycles. The Morgan fingerprint density at radius 3 is 1.42 bits per heavy atom. The molecular formula is C28H24N2O6S2. The van der Waals surface area contributed by atoms with Crippen molar-refractivity contribution in [2.24, 2.45) is 0 Å². The van der Waals surface area contributed by atoms with E-state index in [1.807, 2.05) is 84.3 Å². The fraction of sp³-hybridized carbons (Fsp3) is 0.286. The zero-order chi connectivity index (χ0) is 26.0. The average molecular weight is 549 g/mol. The van der Waals surface area contributed by atoms with E-state index in [-0.39, 0.29) is 46.6 Å². The molecule has 0 N–H and O–H groups in total. The van der Waals surface area contributed by atoms with Gasteiger partial charge in [0.25, 0.3) is 0 Å². The summed E-state index contributed by atoms with van der Waals surface area (Å²) in [6.07, 6.45) is 0. The number of hydrogen-bond donors (Lipinski definition) is 0. The first-order chi connectivity index (χ1) is 18.5. The van der Waals surface area contributed by atoms with Gasteiger partial charge in [0.05, 0.1) is 10.5 Å². The summed E-state index contributed by atoms with van der Waals surface area (Å²) in [4.78, 5) is 30.2. The summed E-state index contributed by atoms with van der Waals surface area (Å²) in [5.41, 5.74) is 3.52. The van der Waals surface area contributed by atoms with Crippen LogP contribution in [0.1, 0.15) is 35.7 Å². The number of fused-ring (bicyclic) bond motifs is 2. The third-order valence-corrected chi connectivity index (χ3v) is 9.78. The molecule has 2 amide bonds. The minimum atomic E-state index is -0.191. The molecule has 0 radical (unpaired) electrons. The summed E-state index contributed by atoms with van der Waals surface area (Å²) in [6, 6.07) is 19.3. The van der Waals surface area contributed by atoms with Crippen LogP contribution in [0.15, 0.2) is 60.7 Å². The lowest BCUT2D eigenvalue weighted by Crippen LogP contribution is -2.31. The largest absolute Gasteiger partial charge is 0.454 e. The van der Waals surface area contributed by atoms with Gasteiger partial charge < -0.3 is 18.9 Å². The van der Waals surface area contributed by atoms with Gasteiger partial charge in [-0.25, -0.2) is 0 Å². The lowest BCUT2D eigenvalue weighted by atomic mass is 10.1. The van der Waals surface area contributed by atoms with Gasteiger partial charge in [-0.05, 0) is 73.5 Å². The number of rotatable bonds is 4. The van der Waals surface area contributed by atoms with Gasteiger partial charge in [-0.15, -0.1) is 23.5 Å². The van der Waals surface area contributed by atoms with Crippen LogP contribution < -0.4 is 28.7 Å². The van der Waals surface area contributed by atoms with Crippen LogP contribution in [0.5, 0.6) is 23.0 Å². The van der Waals surface area contributed by atoms with E-state index in [2.05, 4.69) is 0 Å². The molecule has 0 bridgehead atoms. The van der Waals surface area contributed by atoms with E-state index in [1.54, 1.807) is 23.5 Å². The zero-order valence-corrected chi connectivity index (χ0v) is 22.3. The van der Waals surface area contributed by atoms with Crippen LogP contribution in [0.4, 0.5) is 11.4 Å². The number of thioether (sulfide) groups is 2. The van der Waals surface area contributed by atoms with Gasteiger partial charge in [-0.2, -0.15) is 0 Å². The smallest absolute Gasteiger partial charge is 0.241 e. The third kappa shape index (κ3) is 3.77. The van der Waals surface area contributed by atoms with Gasteiger partial charge in [0.15, 0.2) is 23.0 Å². The first-order valence-corrected chi connectivity index (χ1v) is 14.2. The Morgan fingerprint density at radius 1 is 0.605 bits per heavy atom. The molecule has 0 spiro atoms. The van der Waals surface area contributed by atoms with E-state index in [9.17, 15) is 9.59 Å². The molecule has 8 nitrogen and oxygen atoms in total. The van der Waals surface area contributed by atoms with E-state index in [0.717, 1.165) is 22.5 Å². The van der Waals surface area contributed by atoms with Gasteiger partial charge >= 0.3 is 0 Å². The average Bonchev–Trinajstić information content (AvgIpc) is 3.71. The van der Waals surface area contributed by atoms with Crippen LogP contribution in [-0.4, -0.2) is 35.9 Å². The number of carbonyl (C=O) groups is 2. The Kier molecular flexibility index (Phi) is 5.63. The van der Waals surface area contributed by atoms with Gasteiger partial charge in [0.1, 0.15) is 10.7 Å². The minimum Gasteiger partial charge on any atom is -0.454 e. The Labute approximate surface area is 228 Å². The minimum absolute atomic E-state index is 0.0464.